The van der Waals surface area contributed by atoms with Crippen molar-refractivity contribution in [3.8, 4) is 17.2 Å². The number of alkyl halides is 3. The maximum Gasteiger partial charge on any atom is 0.417 e. The highest BCUT2D eigenvalue weighted by atomic mass is 35.5. The number of imide groups is 1. The number of phenolic OH excluding ortho intramolecular Hbond substituents is 1. The number of nitrogens with zero attached hydrogens (tertiary/aromatic N) is 5. The minimum absolute atomic E-state index is 0.0955. The number of carbonyl (C=O) groups is 2. The van der Waals surface area contributed by atoms with Gasteiger partial charge in [0.15, 0.2) is 17.3 Å². The molecule has 3 aliphatic rings. The van der Waals surface area contributed by atoms with Crippen LogP contribution in [0.1, 0.15) is 42.0 Å². The highest BCUT2D eigenvalue weighted by Crippen LogP contribution is 2.63. The van der Waals surface area contributed by atoms with E-state index in [-0.39, 0.29) is 36.6 Å². The smallest absolute Gasteiger partial charge is 0.417 e. The number of hydrazine groups is 1. The van der Waals surface area contributed by atoms with Crippen molar-refractivity contribution in [3.05, 3.63) is 144 Å². The maximum absolute atomic E-state index is 15.3. The van der Waals surface area contributed by atoms with Gasteiger partial charge in [-0.1, -0.05) is 71.7 Å². The van der Waals surface area contributed by atoms with Crippen LogP contribution in [0.2, 0.25) is 10.0 Å². The van der Waals surface area contributed by atoms with Crippen LogP contribution in [-0.2, 0) is 27.7 Å². The number of rotatable bonds is 7. The first-order valence-corrected chi connectivity index (χ1v) is 17.8. The molecule has 2 aliphatic heterocycles. The number of anilines is 1. The van der Waals surface area contributed by atoms with E-state index in [1.165, 1.54) is 9.36 Å². The van der Waals surface area contributed by atoms with E-state index in [4.69, 9.17) is 27.9 Å². The SMILES string of the molecule is CCOc1cccc(C2C3=CCn4c(=O)n(-c5ccccc5)c(=O)n4C3CC3C(=O)N(Nc4ncc(C(F)(F)F)cc4Cl)C(=O)C32c2ccc(Cl)cc2)c1O. The van der Waals surface area contributed by atoms with E-state index in [1.54, 1.807) is 85.8 Å². The molecule has 1 aliphatic carbocycles. The molecule has 0 radical (unpaired) electrons. The molecule has 282 valence electrons. The van der Waals surface area contributed by atoms with Gasteiger partial charge >= 0.3 is 17.6 Å². The maximum atomic E-state index is 15.3. The Hall–Kier alpha value is -5.80. The van der Waals surface area contributed by atoms with Crippen molar-refractivity contribution in [2.75, 3.05) is 12.0 Å². The summed E-state index contributed by atoms with van der Waals surface area (Å²) in [5.74, 6) is -4.79. The second-order valence-corrected chi connectivity index (χ2v) is 14.1. The van der Waals surface area contributed by atoms with E-state index in [0.29, 0.717) is 39.1 Å². The van der Waals surface area contributed by atoms with Crippen molar-refractivity contribution in [2.24, 2.45) is 5.92 Å². The number of fused-ring (bicyclic) bond motifs is 4. The van der Waals surface area contributed by atoms with Gasteiger partial charge in [0.05, 0.1) is 46.8 Å². The molecule has 55 heavy (non-hydrogen) atoms. The normalized spacial score (nSPS) is 21.8. The summed E-state index contributed by atoms with van der Waals surface area (Å²) < 4.78 is 49.7. The Kier molecular flexibility index (Phi) is 8.68. The lowest BCUT2D eigenvalue weighted by Crippen LogP contribution is -2.53. The number of nitrogens with one attached hydrogen (secondary N) is 1. The molecule has 12 nitrogen and oxygen atoms in total. The molecule has 2 fully saturated rings. The number of aromatic hydroxyl groups is 1. The number of pyridine rings is 1. The van der Waals surface area contributed by atoms with Gasteiger partial charge in [-0.05, 0) is 60.9 Å². The molecule has 0 spiro atoms. The van der Waals surface area contributed by atoms with Gasteiger partial charge in [0.2, 0.25) is 0 Å². The van der Waals surface area contributed by atoms with Crippen LogP contribution >= 0.6 is 23.2 Å². The topological polar surface area (TPSA) is 141 Å². The molecule has 5 aromatic rings. The number of halogens is 5. The summed E-state index contributed by atoms with van der Waals surface area (Å²) in [6, 6.07) is 18.9. The molecule has 4 unspecified atom stereocenters. The zero-order chi connectivity index (χ0) is 39.0. The molecule has 2 aromatic heterocycles. The van der Waals surface area contributed by atoms with Gasteiger partial charge in [-0.2, -0.15) is 18.2 Å². The zero-order valence-electron chi connectivity index (χ0n) is 28.6. The Morgan fingerprint density at radius 2 is 1.71 bits per heavy atom. The minimum Gasteiger partial charge on any atom is -0.504 e. The molecule has 2 N–H and O–H groups in total. The van der Waals surface area contributed by atoms with Gasteiger partial charge in [-0.15, -0.1) is 0 Å². The van der Waals surface area contributed by atoms with Gasteiger partial charge in [0.25, 0.3) is 11.8 Å². The Labute approximate surface area is 319 Å². The van der Waals surface area contributed by atoms with E-state index in [2.05, 4.69) is 10.4 Å². The number of hydrogen-bond acceptors (Lipinski definition) is 8. The lowest BCUT2D eigenvalue weighted by molar-refractivity contribution is -0.139. The largest absolute Gasteiger partial charge is 0.504 e. The number of para-hydroxylation sites is 2. The number of benzene rings is 3. The lowest BCUT2D eigenvalue weighted by Gasteiger charge is -2.49. The van der Waals surface area contributed by atoms with Crippen LogP contribution in [0.3, 0.4) is 0 Å². The molecule has 4 heterocycles. The number of carbonyl (C=O) groups excluding carboxylic acids is 2. The van der Waals surface area contributed by atoms with Gasteiger partial charge in [0, 0.05) is 22.7 Å². The summed E-state index contributed by atoms with van der Waals surface area (Å²) in [7, 11) is 0. The predicted molar refractivity (Wildman–Crippen MR) is 194 cm³/mol. The van der Waals surface area contributed by atoms with Crippen molar-refractivity contribution in [1.82, 2.24) is 23.9 Å². The predicted octanol–water partition coefficient (Wildman–Crippen LogP) is 6.24. The van der Waals surface area contributed by atoms with Crippen LogP contribution in [-0.4, -0.2) is 47.5 Å². The van der Waals surface area contributed by atoms with E-state index in [0.717, 1.165) is 4.57 Å². The quantitative estimate of drug-likeness (QED) is 0.146. The Morgan fingerprint density at radius 1 is 0.982 bits per heavy atom. The molecule has 1 saturated carbocycles. The zero-order valence-corrected chi connectivity index (χ0v) is 30.1. The van der Waals surface area contributed by atoms with Crippen molar-refractivity contribution in [1.29, 1.82) is 0 Å². The average molecular weight is 794 g/mol. The van der Waals surface area contributed by atoms with Crippen molar-refractivity contribution in [3.63, 3.8) is 0 Å². The molecular weight excluding hydrogens is 764 g/mol. The first kappa shape index (κ1) is 36.2. The number of hydrogen-bond donors (Lipinski definition) is 2. The molecular formula is C38H29Cl2F3N6O6. The number of allylic oxidation sites excluding steroid dienone is 2. The van der Waals surface area contributed by atoms with Crippen LogP contribution in [0.4, 0.5) is 19.0 Å². The first-order valence-electron chi connectivity index (χ1n) is 17.1. The fourth-order valence-corrected chi connectivity index (χ4v) is 8.57. The number of ether oxygens (including phenoxy) is 1. The molecule has 0 bridgehead atoms. The van der Waals surface area contributed by atoms with Crippen LogP contribution in [0.5, 0.6) is 11.5 Å². The number of phenols is 1. The Bertz CT molecular complexity index is 2530. The summed E-state index contributed by atoms with van der Waals surface area (Å²) in [5.41, 5.74) is -0.477. The highest BCUT2D eigenvalue weighted by Gasteiger charge is 2.69. The first-order chi connectivity index (χ1) is 26.3. The van der Waals surface area contributed by atoms with E-state index in [1.807, 2.05) is 0 Å². The number of aromatic nitrogens is 4. The molecule has 17 heteroatoms. The van der Waals surface area contributed by atoms with Gasteiger partial charge in [-0.25, -0.2) is 28.5 Å². The van der Waals surface area contributed by atoms with E-state index < -0.39 is 69.1 Å². The van der Waals surface area contributed by atoms with Crippen molar-refractivity contribution >= 4 is 40.8 Å². The van der Waals surface area contributed by atoms with Gasteiger partial charge in [0.1, 0.15) is 0 Å². The molecule has 3 aromatic carbocycles. The molecule has 1 saturated heterocycles. The van der Waals surface area contributed by atoms with Crippen LogP contribution in [0.25, 0.3) is 5.69 Å². The van der Waals surface area contributed by atoms with E-state index >= 15 is 4.79 Å². The summed E-state index contributed by atoms with van der Waals surface area (Å²) in [5, 5.41) is 12.3. The molecule has 8 rings (SSSR count). The van der Waals surface area contributed by atoms with Crippen LogP contribution < -0.4 is 21.5 Å². The third-order valence-corrected chi connectivity index (χ3v) is 11.0. The van der Waals surface area contributed by atoms with E-state index in [9.17, 15) is 32.7 Å². The Morgan fingerprint density at radius 3 is 2.38 bits per heavy atom. The minimum atomic E-state index is -4.77. The molecule has 4 atom stereocenters. The van der Waals surface area contributed by atoms with Gasteiger partial charge < -0.3 is 9.84 Å². The summed E-state index contributed by atoms with van der Waals surface area (Å²) in [6.45, 7) is 1.81. The lowest BCUT2D eigenvalue weighted by atomic mass is 9.53. The molecule has 2 amide bonds. The summed E-state index contributed by atoms with van der Waals surface area (Å²) >= 11 is 12.6. The summed E-state index contributed by atoms with van der Waals surface area (Å²) in [6.07, 6.45) is -2.72. The fraction of sp³-hybridized carbons (Fsp3) is 0.237. The van der Waals surface area contributed by atoms with Gasteiger partial charge in [-0.3, -0.25) is 15.0 Å². The Balaban J connectivity index is 1.37. The second-order valence-electron chi connectivity index (χ2n) is 13.2. The third-order valence-electron chi connectivity index (χ3n) is 10.5. The standard InChI is InChI=1S/C38H29Cl2F3N6O6/c1-2-55-29-10-6-9-25(31(29)50)30-24-15-16-46-35(53)47(23-7-4-3-5-8-23)36(54)49(46)28(24)18-26-33(51)48(34(52)37(26,30)20-11-13-22(39)14-12-20)45-32-27(40)17-21(19-44-32)38(41,42)43/h3-15,17,19,26,28,30,50H,2,16,18H2,1H3,(H,44,45). The average Bonchev–Trinajstić information content (AvgIpc) is 3.54. The van der Waals surface area contributed by atoms with Crippen LogP contribution in [0, 0.1) is 5.92 Å². The number of amides is 2. The monoisotopic (exact) mass is 792 g/mol. The fourth-order valence-electron chi connectivity index (χ4n) is 8.23. The van der Waals surface area contributed by atoms with Crippen molar-refractivity contribution < 1.29 is 32.6 Å². The summed E-state index contributed by atoms with van der Waals surface area (Å²) in [4.78, 5) is 62.1. The second kappa shape index (κ2) is 13.2. The highest BCUT2D eigenvalue weighted by molar-refractivity contribution is 6.33. The van der Waals surface area contributed by atoms with Crippen LogP contribution in [0.15, 0.2) is 106 Å². The van der Waals surface area contributed by atoms with Crippen molar-refractivity contribution in [2.45, 2.75) is 43.4 Å². The third kappa shape index (κ3) is 5.47.